The molecule has 0 aliphatic rings. The third-order valence-corrected chi connectivity index (χ3v) is 2.41. The van der Waals surface area contributed by atoms with E-state index in [0.29, 0.717) is 13.0 Å². The predicted octanol–water partition coefficient (Wildman–Crippen LogP) is 1.84. The van der Waals surface area contributed by atoms with Gasteiger partial charge in [0.15, 0.2) is 0 Å². The molecule has 1 aromatic carbocycles. The van der Waals surface area contributed by atoms with Gasteiger partial charge in [0.2, 0.25) is 5.91 Å². The molecule has 15 heavy (non-hydrogen) atoms. The molecule has 1 rings (SSSR count). The number of hydrogen-bond donors (Lipinski definition) is 2. The van der Waals surface area contributed by atoms with E-state index in [9.17, 15) is 4.79 Å². The number of carbonyl (C=O) groups is 1. The molecule has 0 spiro atoms. The van der Waals surface area contributed by atoms with Crippen LogP contribution >= 0.6 is 0 Å². The second kappa shape index (κ2) is 5.39. The summed E-state index contributed by atoms with van der Waals surface area (Å²) < 4.78 is 0. The van der Waals surface area contributed by atoms with Gasteiger partial charge in [0.05, 0.1) is 0 Å². The maximum Gasteiger partial charge on any atom is 0.219 e. The molecule has 0 heterocycles. The number of carbonyl (C=O) groups excluding carboxylic acids is 1. The second-order valence-corrected chi connectivity index (χ2v) is 3.61. The van der Waals surface area contributed by atoms with Gasteiger partial charge in [0.1, 0.15) is 0 Å². The fourth-order valence-corrected chi connectivity index (χ4v) is 1.59. The highest BCUT2D eigenvalue weighted by Crippen LogP contribution is 2.20. The summed E-state index contributed by atoms with van der Waals surface area (Å²) in [6, 6.07) is 6.21. The summed E-state index contributed by atoms with van der Waals surface area (Å²) in [5, 5.41) is 3.26. The van der Waals surface area contributed by atoms with Crippen LogP contribution in [0.25, 0.3) is 0 Å². The molecule has 3 nitrogen and oxygen atoms in total. The fraction of sp³-hybridized carbons (Fsp3) is 0.417. The molecule has 0 aliphatic heterocycles. The molecule has 0 saturated carbocycles. The van der Waals surface area contributed by atoms with Gasteiger partial charge >= 0.3 is 0 Å². The molecule has 0 atom stereocenters. The Kier molecular flexibility index (Phi) is 4.16. The Morgan fingerprint density at radius 1 is 1.47 bits per heavy atom. The second-order valence-electron chi connectivity index (χ2n) is 3.61. The maximum atomic E-state index is 10.6. The van der Waals surface area contributed by atoms with Gasteiger partial charge in [-0.2, -0.15) is 0 Å². The summed E-state index contributed by atoms with van der Waals surface area (Å²) in [7, 11) is 0. The molecule has 0 saturated heterocycles. The zero-order valence-corrected chi connectivity index (χ0v) is 9.34. The predicted molar refractivity (Wildman–Crippen MR) is 62.9 cm³/mol. The van der Waals surface area contributed by atoms with Crippen molar-refractivity contribution in [3.63, 3.8) is 0 Å². The van der Waals surface area contributed by atoms with E-state index in [-0.39, 0.29) is 5.91 Å². The van der Waals surface area contributed by atoms with Crippen LogP contribution in [0.3, 0.4) is 0 Å². The molecule has 82 valence electrons. The van der Waals surface area contributed by atoms with Crippen molar-refractivity contribution in [1.29, 1.82) is 0 Å². The van der Waals surface area contributed by atoms with Crippen molar-refractivity contribution in [1.82, 2.24) is 0 Å². The normalized spacial score (nSPS) is 10.0. The van der Waals surface area contributed by atoms with E-state index in [0.717, 1.165) is 12.1 Å². The number of benzene rings is 1. The summed E-state index contributed by atoms with van der Waals surface area (Å²) in [4.78, 5) is 10.6. The maximum absolute atomic E-state index is 10.6. The van der Waals surface area contributed by atoms with Crippen molar-refractivity contribution in [3.8, 4) is 0 Å². The first kappa shape index (κ1) is 11.6. The molecule has 3 N–H and O–H groups in total. The van der Waals surface area contributed by atoms with Gasteiger partial charge in [-0.15, -0.1) is 0 Å². The average molecular weight is 206 g/mol. The minimum absolute atomic E-state index is 0.269. The molecule has 3 heteroatoms. The first-order valence-electron chi connectivity index (χ1n) is 5.25. The first-order chi connectivity index (χ1) is 7.15. The zero-order chi connectivity index (χ0) is 11.3. The summed E-state index contributed by atoms with van der Waals surface area (Å²) in [5.74, 6) is -0.269. The standard InChI is InChI=1S/C12H18N2O/c1-3-10-6-4-5-9(2)12(10)14-8-7-11(13)15/h4-6,14H,3,7-8H2,1-2H3,(H2,13,15). The Hall–Kier alpha value is -1.51. The van der Waals surface area contributed by atoms with Crippen molar-refractivity contribution >= 4 is 11.6 Å². The minimum Gasteiger partial charge on any atom is -0.384 e. The number of amides is 1. The van der Waals surface area contributed by atoms with E-state index in [4.69, 9.17) is 5.73 Å². The van der Waals surface area contributed by atoms with Gasteiger partial charge in [0, 0.05) is 18.7 Å². The Bertz CT molecular complexity index is 347. The van der Waals surface area contributed by atoms with Crippen LogP contribution in [0.1, 0.15) is 24.5 Å². The Labute approximate surface area is 90.7 Å². The summed E-state index contributed by atoms with van der Waals surface area (Å²) in [5.41, 5.74) is 8.71. The van der Waals surface area contributed by atoms with Crippen LogP contribution in [0, 0.1) is 6.92 Å². The monoisotopic (exact) mass is 206 g/mol. The number of nitrogens with one attached hydrogen (secondary N) is 1. The summed E-state index contributed by atoms with van der Waals surface area (Å²) in [6.45, 7) is 4.78. The quantitative estimate of drug-likeness (QED) is 0.772. The number of nitrogens with two attached hydrogens (primary N) is 1. The van der Waals surface area contributed by atoms with Gasteiger partial charge in [-0.1, -0.05) is 25.1 Å². The van der Waals surface area contributed by atoms with Crippen LogP contribution in [0.5, 0.6) is 0 Å². The summed E-state index contributed by atoms with van der Waals surface area (Å²) in [6.07, 6.45) is 1.36. The smallest absolute Gasteiger partial charge is 0.219 e. The van der Waals surface area contributed by atoms with Crippen molar-refractivity contribution in [2.24, 2.45) is 5.73 Å². The van der Waals surface area contributed by atoms with Crippen molar-refractivity contribution in [2.45, 2.75) is 26.7 Å². The van der Waals surface area contributed by atoms with Crippen LogP contribution in [0.15, 0.2) is 18.2 Å². The van der Waals surface area contributed by atoms with E-state index >= 15 is 0 Å². The van der Waals surface area contributed by atoms with Gasteiger partial charge in [-0.05, 0) is 24.5 Å². The largest absolute Gasteiger partial charge is 0.384 e. The van der Waals surface area contributed by atoms with Crippen LogP contribution < -0.4 is 11.1 Å². The number of primary amides is 1. The molecule has 0 fully saturated rings. The molecule has 0 aromatic heterocycles. The van der Waals surface area contributed by atoms with Crippen LogP contribution in [-0.2, 0) is 11.2 Å². The highest BCUT2D eigenvalue weighted by atomic mass is 16.1. The highest BCUT2D eigenvalue weighted by Gasteiger charge is 2.03. The van der Waals surface area contributed by atoms with E-state index in [2.05, 4.69) is 31.3 Å². The van der Waals surface area contributed by atoms with Crippen molar-refractivity contribution in [3.05, 3.63) is 29.3 Å². The van der Waals surface area contributed by atoms with E-state index < -0.39 is 0 Å². The Morgan fingerprint density at radius 3 is 2.80 bits per heavy atom. The lowest BCUT2D eigenvalue weighted by Crippen LogP contribution is -2.16. The van der Waals surface area contributed by atoms with E-state index in [1.807, 2.05) is 6.07 Å². The van der Waals surface area contributed by atoms with Gasteiger partial charge in [0.25, 0.3) is 0 Å². The zero-order valence-electron chi connectivity index (χ0n) is 9.34. The van der Waals surface area contributed by atoms with E-state index in [1.54, 1.807) is 0 Å². The first-order valence-corrected chi connectivity index (χ1v) is 5.25. The topological polar surface area (TPSA) is 55.1 Å². The lowest BCUT2D eigenvalue weighted by atomic mass is 10.1. The average Bonchev–Trinajstić information content (AvgIpc) is 2.20. The molecule has 0 bridgehead atoms. The molecule has 0 aliphatic carbocycles. The molecular formula is C12H18N2O. The number of hydrogen-bond acceptors (Lipinski definition) is 2. The number of rotatable bonds is 5. The number of anilines is 1. The number of para-hydroxylation sites is 1. The van der Waals surface area contributed by atoms with Gasteiger partial charge in [-0.3, -0.25) is 4.79 Å². The minimum atomic E-state index is -0.269. The summed E-state index contributed by atoms with van der Waals surface area (Å²) >= 11 is 0. The van der Waals surface area contributed by atoms with Crippen molar-refractivity contribution in [2.75, 3.05) is 11.9 Å². The van der Waals surface area contributed by atoms with Crippen LogP contribution in [0.2, 0.25) is 0 Å². The molecule has 1 aromatic rings. The lowest BCUT2D eigenvalue weighted by Gasteiger charge is -2.13. The highest BCUT2D eigenvalue weighted by molar-refractivity contribution is 5.74. The lowest BCUT2D eigenvalue weighted by molar-refractivity contribution is -0.117. The van der Waals surface area contributed by atoms with E-state index in [1.165, 1.54) is 11.1 Å². The third-order valence-electron chi connectivity index (χ3n) is 2.41. The van der Waals surface area contributed by atoms with Crippen LogP contribution in [0.4, 0.5) is 5.69 Å². The third kappa shape index (κ3) is 3.27. The fourth-order valence-electron chi connectivity index (χ4n) is 1.59. The molecular weight excluding hydrogens is 188 g/mol. The molecule has 1 amide bonds. The Balaban J connectivity index is 2.70. The van der Waals surface area contributed by atoms with Gasteiger partial charge in [-0.25, -0.2) is 0 Å². The van der Waals surface area contributed by atoms with Crippen molar-refractivity contribution < 1.29 is 4.79 Å². The Morgan fingerprint density at radius 2 is 2.20 bits per heavy atom. The molecule has 0 unspecified atom stereocenters. The number of aryl methyl sites for hydroxylation is 2. The van der Waals surface area contributed by atoms with Gasteiger partial charge < -0.3 is 11.1 Å². The molecule has 0 radical (unpaired) electrons. The van der Waals surface area contributed by atoms with Crippen LogP contribution in [-0.4, -0.2) is 12.5 Å². The SMILES string of the molecule is CCc1cccc(C)c1NCCC(N)=O.